The predicted molar refractivity (Wildman–Crippen MR) is 98.4 cm³/mol. The second-order valence-electron chi connectivity index (χ2n) is 7.29. The van der Waals surface area contributed by atoms with Gasteiger partial charge in [-0.3, -0.25) is 0 Å². The molecular formula is C19H31N3O2. The molecule has 5 heteroatoms. The Bertz CT molecular complexity index is 548. The molecular weight excluding hydrogens is 302 g/mol. The number of carbonyl (C=O) groups excluding carboxylic acids is 1. The maximum atomic E-state index is 12.5. The van der Waals surface area contributed by atoms with Crippen LogP contribution in [0.15, 0.2) is 24.3 Å². The number of hydrogen-bond acceptors (Lipinski definition) is 3. The lowest BCUT2D eigenvalue weighted by molar-refractivity contribution is 0.0476. The number of hydrogen-bond donors (Lipinski definition) is 2. The second-order valence-corrected chi connectivity index (χ2v) is 7.29. The molecule has 0 saturated carbocycles. The number of benzene rings is 1. The topological polar surface area (TPSA) is 55.8 Å². The summed E-state index contributed by atoms with van der Waals surface area (Å²) in [5.74, 6) is 0. The SMILES string of the molecule is CCN(CC(C)(C)O)C(=O)NC(C)c1cccc(N2CCCC2)c1. The molecule has 1 saturated heterocycles. The van der Waals surface area contributed by atoms with Crippen molar-refractivity contribution in [3.8, 4) is 0 Å². The second kappa shape index (κ2) is 7.88. The van der Waals surface area contributed by atoms with Crippen molar-refractivity contribution in [3.05, 3.63) is 29.8 Å². The Balaban J connectivity index is 2.01. The van der Waals surface area contributed by atoms with Crippen LogP contribution in [0.4, 0.5) is 10.5 Å². The van der Waals surface area contributed by atoms with E-state index in [9.17, 15) is 9.90 Å². The van der Waals surface area contributed by atoms with Crippen LogP contribution in [0.2, 0.25) is 0 Å². The van der Waals surface area contributed by atoms with Crippen LogP contribution in [-0.4, -0.2) is 47.8 Å². The van der Waals surface area contributed by atoms with Crippen LogP contribution in [0.25, 0.3) is 0 Å². The summed E-state index contributed by atoms with van der Waals surface area (Å²) in [6.45, 7) is 10.5. The van der Waals surface area contributed by atoms with E-state index in [1.54, 1.807) is 18.7 Å². The molecule has 0 radical (unpaired) electrons. The van der Waals surface area contributed by atoms with Gasteiger partial charge in [0.1, 0.15) is 0 Å². The van der Waals surface area contributed by atoms with Crippen LogP contribution in [-0.2, 0) is 0 Å². The molecule has 0 aliphatic carbocycles. The third kappa shape index (κ3) is 5.13. The highest BCUT2D eigenvalue weighted by atomic mass is 16.3. The van der Waals surface area contributed by atoms with Gasteiger partial charge >= 0.3 is 6.03 Å². The third-order valence-corrected chi connectivity index (χ3v) is 4.43. The molecule has 1 aromatic carbocycles. The van der Waals surface area contributed by atoms with Gasteiger partial charge in [0.25, 0.3) is 0 Å². The molecule has 2 amide bonds. The number of nitrogens with one attached hydrogen (secondary N) is 1. The van der Waals surface area contributed by atoms with E-state index in [4.69, 9.17) is 0 Å². The number of nitrogens with zero attached hydrogens (tertiary/aromatic N) is 2. The highest BCUT2D eigenvalue weighted by Gasteiger charge is 2.22. The normalized spacial score (nSPS) is 16.1. The van der Waals surface area contributed by atoms with Gasteiger partial charge in [-0.15, -0.1) is 0 Å². The first kappa shape index (κ1) is 18.6. The van der Waals surface area contributed by atoms with Crippen molar-refractivity contribution in [2.75, 3.05) is 31.1 Å². The van der Waals surface area contributed by atoms with Gasteiger partial charge in [0.2, 0.25) is 0 Å². The van der Waals surface area contributed by atoms with Gasteiger partial charge in [-0.05, 0) is 58.2 Å². The Morgan fingerprint density at radius 1 is 1.38 bits per heavy atom. The third-order valence-electron chi connectivity index (χ3n) is 4.43. The van der Waals surface area contributed by atoms with Crippen LogP contribution in [0.1, 0.15) is 52.1 Å². The van der Waals surface area contributed by atoms with Gasteiger partial charge in [-0.25, -0.2) is 4.79 Å². The molecule has 1 aliphatic rings. The molecule has 2 N–H and O–H groups in total. The number of amides is 2. The fourth-order valence-corrected chi connectivity index (χ4v) is 3.12. The molecule has 1 aliphatic heterocycles. The molecule has 1 heterocycles. The maximum Gasteiger partial charge on any atom is 0.317 e. The number of anilines is 1. The van der Waals surface area contributed by atoms with Crippen molar-refractivity contribution in [2.45, 2.75) is 52.2 Å². The summed E-state index contributed by atoms with van der Waals surface area (Å²) in [4.78, 5) is 16.5. The number of carbonyl (C=O) groups is 1. The largest absolute Gasteiger partial charge is 0.389 e. The number of likely N-dealkylation sites (N-methyl/N-ethyl adjacent to an activating group) is 1. The zero-order valence-corrected chi connectivity index (χ0v) is 15.4. The van der Waals surface area contributed by atoms with Crippen molar-refractivity contribution in [2.24, 2.45) is 0 Å². The molecule has 5 nitrogen and oxygen atoms in total. The fraction of sp³-hybridized carbons (Fsp3) is 0.632. The van der Waals surface area contributed by atoms with Gasteiger partial charge in [-0.1, -0.05) is 12.1 Å². The van der Waals surface area contributed by atoms with Gasteiger partial charge in [0.15, 0.2) is 0 Å². The molecule has 2 rings (SSSR count). The van der Waals surface area contributed by atoms with E-state index < -0.39 is 5.60 Å². The van der Waals surface area contributed by atoms with E-state index in [1.807, 2.05) is 13.8 Å². The first-order valence-corrected chi connectivity index (χ1v) is 8.93. The van der Waals surface area contributed by atoms with Gasteiger partial charge in [0, 0.05) is 25.3 Å². The van der Waals surface area contributed by atoms with E-state index in [0.717, 1.165) is 18.7 Å². The standard InChI is InChI=1S/C19H31N3O2/c1-5-21(14-19(3,4)24)18(23)20-15(2)16-9-8-10-17(13-16)22-11-6-7-12-22/h8-10,13,15,24H,5-7,11-12,14H2,1-4H3,(H,20,23). The lowest BCUT2D eigenvalue weighted by Crippen LogP contribution is -2.47. The van der Waals surface area contributed by atoms with Gasteiger partial charge in [0.05, 0.1) is 18.2 Å². The minimum absolute atomic E-state index is 0.0732. The maximum absolute atomic E-state index is 12.5. The predicted octanol–water partition coefficient (Wildman–Crippen LogP) is 3.15. The average Bonchev–Trinajstić information content (AvgIpc) is 3.06. The van der Waals surface area contributed by atoms with Gasteiger partial charge < -0.3 is 20.2 Å². The Labute approximate surface area is 145 Å². The summed E-state index contributed by atoms with van der Waals surface area (Å²) in [5, 5.41) is 13.0. The quantitative estimate of drug-likeness (QED) is 0.841. The highest BCUT2D eigenvalue weighted by Crippen LogP contribution is 2.24. The molecule has 1 aromatic rings. The van der Waals surface area contributed by atoms with E-state index in [2.05, 4.69) is 34.5 Å². The monoisotopic (exact) mass is 333 g/mol. The van der Waals surface area contributed by atoms with E-state index in [0.29, 0.717) is 13.1 Å². The highest BCUT2D eigenvalue weighted by molar-refractivity contribution is 5.74. The van der Waals surface area contributed by atoms with Crippen molar-refractivity contribution in [3.63, 3.8) is 0 Å². The summed E-state index contributed by atoms with van der Waals surface area (Å²) in [6, 6.07) is 8.20. The lowest BCUT2D eigenvalue weighted by atomic mass is 10.1. The fourth-order valence-electron chi connectivity index (χ4n) is 3.12. The minimum Gasteiger partial charge on any atom is -0.389 e. The van der Waals surface area contributed by atoms with E-state index in [1.165, 1.54) is 18.5 Å². The summed E-state index contributed by atoms with van der Waals surface area (Å²) in [6.07, 6.45) is 2.50. The number of rotatable bonds is 6. The number of aliphatic hydroxyl groups is 1. The Hall–Kier alpha value is -1.75. The number of urea groups is 1. The summed E-state index contributed by atoms with van der Waals surface area (Å²) >= 11 is 0. The van der Waals surface area contributed by atoms with Crippen LogP contribution >= 0.6 is 0 Å². The van der Waals surface area contributed by atoms with Crippen LogP contribution in [0.3, 0.4) is 0 Å². The molecule has 1 unspecified atom stereocenters. The summed E-state index contributed by atoms with van der Waals surface area (Å²) in [5.41, 5.74) is 1.44. The zero-order valence-electron chi connectivity index (χ0n) is 15.4. The van der Waals surface area contributed by atoms with Crippen LogP contribution in [0.5, 0.6) is 0 Å². The molecule has 0 aromatic heterocycles. The van der Waals surface area contributed by atoms with Crippen molar-refractivity contribution in [1.29, 1.82) is 0 Å². The first-order chi connectivity index (χ1) is 11.3. The Morgan fingerprint density at radius 3 is 2.62 bits per heavy atom. The van der Waals surface area contributed by atoms with Crippen LogP contribution in [0, 0.1) is 0 Å². The molecule has 1 fully saturated rings. The zero-order chi connectivity index (χ0) is 17.7. The van der Waals surface area contributed by atoms with Crippen LogP contribution < -0.4 is 10.2 Å². The van der Waals surface area contributed by atoms with E-state index >= 15 is 0 Å². The van der Waals surface area contributed by atoms with Crippen molar-refractivity contribution < 1.29 is 9.90 Å². The molecule has 134 valence electrons. The summed E-state index contributed by atoms with van der Waals surface area (Å²) in [7, 11) is 0. The van der Waals surface area contributed by atoms with Gasteiger partial charge in [-0.2, -0.15) is 0 Å². The van der Waals surface area contributed by atoms with Crippen molar-refractivity contribution >= 4 is 11.7 Å². The van der Waals surface area contributed by atoms with E-state index in [-0.39, 0.29) is 12.1 Å². The molecule has 24 heavy (non-hydrogen) atoms. The molecule has 0 bridgehead atoms. The lowest BCUT2D eigenvalue weighted by Gasteiger charge is -2.29. The Kier molecular flexibility index (Phi) is 6.10. The first-order valence-electron chi connectivity index (χ1n) is 8.93. The van der Waals surface area contributed by atoms with Crippen molar-refractivity contribution in [1.82, 2.24) is 10.2 Å². The summed E-state index contributed by atoms with van der Waals surface area (Å²) < 4.78 is 0. The average molecular weight is 333 g/mol. The molecule has 0 spiro atoms. The smallest absolute Gasteiger partial charge is 0.317 e. The molecule has 1 atom stereocenters. The minimum atomic E-state index is -0.897. The Morgan fingerprint density at radius 2 is 2.04 bits per heavy atom.